The Morgan fingerprint density at radius 2 is 2.26 bits per heavy atom. The third-order valence-corrected chi connectivity index (χ3v) is 4.56. The number of piperidine rings is 1. The summed E-state index contributed by atoms with van der Waals surface area (Å²) >= 11 is 0. The highest BCUT2D eigenvalue weighted by Gasteiger charge is 2.19. The van der Waals surface area contributed by atoms with Crippen molar-refractivity contribution in [1.82, 2.24) is 20.4 Å². The fraction of sp³-hybridized carbons (Fsp3) is 0.474. The van der Waals surface area contributed by atoms with Gasteiger partial charge in [-0.15, -0.1) is 12.4 Å². The Labute approximate surface area is 164 Å². The van der Waals surface area contributed by atoms with Gasteiger partial charge in [0.2, 0.25) is 0 Å². The number of benzene rings is 1. The van der Waals surface area contributed by atoms with Crippen molar-refractivity contribution < 1.29 is 13.9 Å². The zero-order valence-corrected chi connectivity index (χ0v) is 16.2. The summed E-state index contributed by atoms with van der Waals surface area (Å²) in [5, 5.41) is 10.6. The van der Waals surface area contributed by atoms with E-state index in [0.717, 1.165) is 25.9 Å². The van der Waals surface area contributed by atoms with Crippen LogP contribution in [0.3, 0.4) is 0 Å². The highest BCUT2D eigenvalue weighted by atomic mass is 35.5. The molecule has 2 aromatic rings. The van der Waals surface area contributed by atoms with Crippen molar-refractivity contribution in [2.24, 2.45) is 0 Å². The van der Waals surface area contributed by atoms with Crippen molar-refractivity contribution in [2.45, 2.75) is 38.3 Å². The summed E-state index contributed by atoms with van der Waals surface area (Å²) in [4.78, 5) is 12.3. The molecule has 8 heteroatoms. The summed E-state index contributed by atoms with van der Waals surface area (Å²) < 4.78 is 21.2. The van der Waals surface area contributed by atoms with Gasteiger partial charge in [-0.1, -0.05) is 19.1 Å². The largest absolute Gasteiger partial charge is 0.486 e. The lowest BCUT2D eigenvalue weighted by molar-refractivity contribution is 0.0918. The van der Waals surface area contributed by atoms with Crippen LogP contribution >= 0.6 is 12.4 Å². The van der Waals surface area contributed by atoms with Gasteiger partial charge in [0, 0.05) is 12.7 Å². The average molecular weight is 397 g/mol. The zero-order valence-electron chi connectivity index (χ0n) is 15.4. The van der Waals surface area contributed by atoms with Gasteiger partial charge in [-0.3, -0.25) is 9.48 Å². The first-order chi connectivity index (χ1) is 12.7. The standard InChI is InChI=1S/C19H25FN4O2.ClH/c1-2-15(26-18-8-4-3-7-16(18)20)13-22-19(25)17-9-11-24(23-17)14-6-5-10-21-12-14;/h3-4,7-9,11,14-15,21H,2,5-6,10,12-13H2,1H3,(H,22,25);1H. The third-order valence-electron chi connectivity index (χ3n) is 4.56. The molecule has 148 valence electrons. The first-order valence-electron chi connectivity index (χ1n) is 9.12. The molecular weight excluding hydrogens is 371 g/mol. The van der Waals surface area contributed by atoms with Crippen molar-refractivity contribution in [3.05, 3.63) is 48.0 Å². The highest BCUT2D eigenvalue weighted by molar-refractivity contribution is 5.92. The van der Waals surface area contributed by atoms with Crippen molar-refractivity contribution >= 4 is 18.3 Å². The van der Waals surface area contributed by atoms with Crippen molar-refractivity contribution in [3.63, 3.8) is 0 Å². The average Bonchev–Trinajstić information content (AvgIpc) is 3.17. The number of para-hydroxylation sites is 1. The predicted octanol–water partition coefficient (Wildman–Crippen LogP) is 2.96. The van der Waals surface area contributed by atoms with E-state index in [-0.39, 0.29) is 36.2 Å². The van der Waals surface area contributed by atoms with Crippen LogP contribution in [0.1, 0.15) is 42.7 Å². The fourth-order valence-electron chi connectivity index (χ4n) is 3.01. The summed E-state index contributed by atoms with van der Waals surface area (Å²) in [6.45, 7) is 4.13. The Hall–Kier alpha value is -2.12. The number of halogens is 2. The molecule has 6 nitrogen and oxygen atoms in total. The van der Waals surface area contributed by atoms with Crippen LogP contribution in [0, 0.1) is 5.82 Å². The molecule has 2 unspecified atom stereocenters. The molecule has 1 amide bonds. The van der Waals surface area contributed by atoms with E-state index in [1.165, 1.54) is 6.07 Å². The van der Waals surface area contributed by atoms with Crippen LogP contribution in [0.2, 0.25) is 0 Å². The maximum atomic E-state index is 13.7. The second kappa shape index (κ2) is 10.3. The van der Waals surface area contributed by atoms with Crippen LogP contribution in [0.5, 0.6) is 5.75 Å². The molecule has 1 aliphatic rings. The third kappa shape index (κ3) is 5.68. The van der Waals surface area contributed by atoms with Gasteiger partial charge in [0.1, 0.15) is 11.8 Å². The number of amides is 1. The smallest absolute Gasteiger partial charge is 0.271 e. The van der Waals surface area contributed by atoms with Crippen molar-refractivity contribution in [1.29, 1.82) is 0 Å². The van der Waals surface area contributed by atoms with Crippen LogP contribution < -0.4 is 15.4 Å². The zero-order chi connectivity index (χ0) is 18.4. The lowest BCUT2D eigenvalue weighted by Gasteiger charge is -2.22. The summed E-state index contributed by atoms with van der Waals surface area (Å²) in [7, 11) is 0. The van der Waals surface area contributed by atoms with E-state index in [9.17, 15) is 9.18 Å². The van der Waals surface area contributed by atoms with Gasteiger partial charge >= 0.3 is 0 Å². The van der Waals surface area contributed by atoms with Gasteiger partial charge in [0.05, 0.1) is 12.6 Å². The number of nitrogens with zero attached hydrogens (tertiary/aromatic N) is 2. The summed E-state index contributed by atoms with van der Waals surface area (Å²) in [5.41, 5.74) is 0.385. The normalized spacial score (nSPS) is 17.6. The summed E-state index contributed by atoms with van der Waals surface area (Å²) in [5.74, 6) is -0.456. The Morgan fingerprint density at radius 3 is 2.96 bits per heavy atom. The van der Waals surface area contributed by atoms with Crippen LogP contribution in [0.15, 0.2) is 36.5 Å². The molecule has 1 fully saturated rings. The first kappa shape index (κ1) is 21.2. The van der Waals surface area contributed by atoms with E-state index in [1.54, 1.807) is 24.3 Å². The lowest BCUT2D eigenvalue weighted by Crippen LogP contribution is -2.35. The number of nitrogens with one attached hydrogen (secondary N) is 2. The van der Waals surface area contributed by atoms with E-state index < -0.39 is 5.82 Å². The molecular formula is C19H26ClFN4O2. The Morgan fingerprint density at radius 1 is 1.44 bits per heavy atom. The molecule has 0 spiro atoms. The molecule has 27 heavy (non-hydrogen) atoms. The molecule has 0 radical (unpaired) electrons. The van der Waals surface area contributed by atoms with E-state index in [4.69, 9.17) is 4.74 Å². The highest BCUT2D eigenvalue weighted by Crippen LogP contribution is 2.18. The molecule has 2 heterocycles. The van der Waals surface area contributed by atoms with Crippen LogP contribution in [-0.4, -0.2) is 41.4 Å². The minimum atomic E-state index is -0.405. The van der Waals surface area contributed by atoms with E-state index >= 15 is 0 Å². The van der Waals surface area contributed by atoms with Gasteiger partial charge in [0.15, 0.2) is 11.6 Å². The van der Waals surface area contributed by atoms with Crippen molar-refractivity contribution in [2.75, 3.05) is 19.6 Å². The minimum absolute atomic E-state index is 0. The molecule has 3 rings (SSSR count). The maximum absolute atomic E-state index is 13.7. The molecule has 0 bridgehead atoms. The van der Waals surface area contributed by atoms with Gasteiger partial charge in [0.25, 0.3) is 5.91 Å². The molecule has 1 aromatic heterocycles. The van der Waals surface area contributed by atoms with E-state index in [1.807, 2.05) is 17.8 Å². The van der Waals surface area contributed by atoms with Crippen molar-refractivity contribution in [3.8, 4) is 5.75 Å². The number of hydrogen-bond acceptors (Lipinski definition) is 4. The molecule has 0 aliphatic carbocycles. The SMILES string of the molecule is CCC(CNC(=O)c1ccn(C2CCCNC2)n1)Oc1ccccc1F.Cl. The molecule has 2 atom stereocenters. The number of ether oxygens (including phenoxy) is 1. The van der Waals surface area contributed by atoms with Crippen LogP contribution in [-0.2, 0) is 0 Å². The van der Waals surface area contributed by atoms with Gasteiger partial charge in [-0.25, -0.2) is 4.39 Å². The molecule has 0 saturated carbocycles. The van der Waals surface area contributed by atoms with Crippen LogP contribution in [0.25, 0.3) is 0 Å². The molecule has 1 aromatic carbocycles. The quantitative estimate of drug-likeness (QED) is 0.755. The monoisotopic (exact) mass is 396 g/mol. The number of rotatable bonds is 7. The topological polar surface area (TPSA) is 68.2 Å². The summed E-state index contributed by atoms with van der Waals surface area (Å²) in [6.07, 6.45) is 4.36. The maximum Gasteiger partial charge on any atom is 0.271 e. The number of aromatic nitrogens is 2. The van der Waals surface area contributed by atoms with Crippen LogP contribution in [0.4, 0.5) is 4.39 Å². The predicted molar refractivity (Wildman–Crippen MR) is 104 cm³/mol. The number of carbonyl (C=O) groups is 1. The number of carbonyl (C=O) groups excluding carboxylic acids is 1. The van der Waals surface area contributed by atoms with E-state index in [0.29, 0.717) is 18.7 Å². The second-order valence-electron chi connectivity index (χ2n) is 6.47. The van der Waals surface area contributed by atoms with E-state index in [2.05, 4.69) is 15.7 Å². The Balaban J connectivity index is 0.00000261. The molecule has 1 saturated heterocycles. The number of hydrogen-bond donors (Lipinski definition) is 2. The molecule has 1 aliphatic heterocycles. The van der Waals surface area contributed by atoms with Gasteiger partial charge < -0.3 is 15.4 Å². The summed E-state index contributed by atoms with van der Waals surface area (Å²) in [6, 6.07) is 8.29. The first-order valence-corrected chi connectivity index (χ1v) is 9.12. The Bertz CT molecular complexity index is 734. The van der Waals surface area contributed by atoms with Gasteiger partial charge in [-0.2, -0.15) is 5.10 Å². The minimum Gasteiger partial charge on any atom is -0.486 e. The van der Waals surface area contributed by atoms with Gasteiger partial charge in [-0.05, 0) is 44.0 Å². The molecule has 2 N–H and O–H groups in total. The fourth-order valence-corrected chi connectivity index (χ4v) is 3.01. The second-order valence-corrected chi connectivity index (χ2v) is 6.47. The Kier molecular flexibility index (Phi) is 8.06. The lowest BCUT2D eigenvalue weighted by atomic mass is 10.1.